The second-order valence-electron chi connectivity index (χ2n) is 4.77. The molecule has 3 aromatic rings. The lowest BCUT2D eigenvalue weighted by Crippen LogP contribution is -1.97. The van der Waals surface area contributed by atoms with Crippen LogP contribution in [-0.2, 0) is 0 Å². The Kier molecular flexibility index (Phi) is 4.41. The summed E-state index contributed by atoms with van der Waals surface area (Å²) in [4.78, 5) is 9.32. The molecular formula is C17H12BrN3S. The average molecular weight is 370 g/mol. The van der Waals surface area contributed by atoms with Gasteiger partial charge in [-0.3, -0.25) is 0 Å². The summed E-state index contributed by atoms with van der Waals surface area (Å²) >= 11 is 4.90. The van der Waals surface area contributed by atoms with E-state index >= 15 is 0 Å². The number of nitrogens with zero attached hydrogens (tertiary/aromatic N) is 3. The van der Waals surface area contributed by atoms with Crippen molar-refractivity contribution in [2.75, 3.05) is 0 Å². The minimum Gasteiger partial charge on any atom is -0.228 e. The number of hydrogen-bond donors (Lipinski definition) is 0. The average Bonchev–Trinajstić information content (AvgIpc) is 2.55. The first-order valence-corrected chi connectivity index (χ1v) is 8.43. The molecule has 3 nitrogen and oxygen atoms in total. The Morgan fingerprint density at radius 2 is 1.82 bits per heavy atom. The molecule has 0 saturated carbocycles. The summed E-state index contributed by atoms with van der Waals surface area (Å²) < 4.78 is 1.02. The standard InChI is InChI=1S/C17H12BrN3S/c1-11(10-19)22-17-14-4-2-3-5-15(14)20-16(21-17)12-6-8-13(18)9-7-12/h2-9,11H,1H3/t11-/m1/s1. The predicted octanol–water partition coefficient (Wildman–Crippen LogP) is 5.06. The molecular weight excluding hydrogens is 358 g/mol. The molecule has 1 aromatic heterocycles. The third-order valence-electron chi connectivity index (χ3n) is 3.14. The van der Waals surface area contributed by atoms with Crippen LogP contribution in [-0.4, -0.2) is 15.2 Å². The van der Waals surface area contributed by atoms with E-state index in [2.05, 4.69) is 32.0 Å². The van der Waals surface area contributed by atoms with E-state index in [1.807, 2.05) is 55.5 Å². The highest BCUT2D eigenvalue weighted by molar-refractivity contribution is 9.10. The molecule has 1 heterocycles. The molecule has 0 aliphatic carbocycles. The van der Waals surface area contributed by atoms with E-state index in [1.165, 1.54) is 11.8 Å². The zero-order chi connectivity index (χ0) is 15.5. The first kappa shape index (κ1) is 15.0. The van der Waals surface area contributed by atoms with Crippen molar-refractivity contribution in [1.29, 1.82) is 5.26 Å². The van der Waals surface area contributed by atoms with Gasteiger partial charge in [0.2, 0.25) is 0 Å². The predicted molar refractivity (Wildman–Crippen MR) is 93.6 cm³/mol. The van der Waals surface area contributed by atoms with E-state index in [4.69, 9.17) is 5.26 Å². The second-order valence-corrected chi connectivity index (χ2v) is 7.01. The zero-order valence-corrected chi connectivity index (χ0v) is 14.2. The lowest BCUT2D eigenvalue weighted by Gasteiger charge is -2.09. The number of para-hydroxylation sites is 1. The van der Waals surface area contributed by atoms with E-state index < -0.39 is 0 Å². The fraction of sp³-hybridized carbons (Fsp3) is 0.118. The number of aromatic nitrogens is 2. The number of thioether (sulfide) groups is 1. The van der Waals surface area contributed by atoms with Gasteiger partial charge >= 0.3 is 0 Å². The van der Waals surface area contributed by atoms with E-state index in [0.29, 0.717) is 5.82 Å². The summed E-state index contributed by atoms with van der Waals surface area (Å²) in [5.74, 6) is 0.679. The van der Waals surface area contributed by atoms with Crippen LogP contribution in [0.3, 0.4) is 0 Å². The summed E-state index contributed by atoms with van der Waals surface area (Å²) in [5, 5.41) is 10.7. The third kappa shape index (κ3) is 3.13. The van der Waals surface area contributed by atoms with E-state index in [9.17, 15) is 0 Å². The molecule has 0 spiro atoms. The minimum absolute atomic E-state index is 0.156. The first-order valence-electron chi connectivity index (χ1n) is 6.76. The Hall–Kier alpha value is -1.90. The van der Waals surface area contributed by atoms with Crippen molar-refractivity contribution in [2.45, 2.75) is 17.2 Å². The Bertz CT molecular complexity index is 856. The van der Waals surface area contributed by atoms with Gasteiger partial charge in [0.1, 0.15) is 5.03 Å². The van der Waals surface area contributed by atoms with Crippen LogP contribution in [0.25, 0.3) is 22.3 Å². The summed E-state index contributed by atoms with van der Waals surface area (Å²) in [6, 6.07) is 18.0. The molecule has 0 bridgehead atoms. The van der Waals surface area contributed by atoms with Crippen LogP contribution in [0.5, 0.6) is 0 Å². The van der Waals surface area contributed by atoms with Crippen LogP contribution in [0.2, 0.25) is 0 Å². The van der Waals surface area contributed by atoms with E-state index in [0.717, 1.165) is 26.0 Å². The van der Waals surface area contributed by atoms with Gasteiger partial charge < -0.3 is 0 Å². The van der Waals surface area contributed by atoms with E-state index in [-0.39, 0.29) is 5.25 Å². The molecule has 22 heavy (non-hydrogen) atoms. The van der Waals surface area contributed by atoms with Crippen LogP contribution in [0.15, 0.2) is 58.0 Å². The normalized spacial score (nSPS) is 12.0. The van der Waals surface area contributed by atoms with Gasteiger partial charge in [0, 0.05) is 15.4 Å². The number of halogens is 1. The molecule has 0 amide bonds. The van der Waals surface area contributed by atoms with E-state index in [1.54, 1.807) is 0 Å². The summed E-state index contributed by atoms with van der Waals surface area (Å²) in [5.41, 5.74) is 1.85. The number of fused-ring (bicyclic) bond motifs is 1. The van der Waals surface area contributed by atoms with Crippen LogP contribution >= 0.6 is 27.7 Å². The molecule has 5 heteroatoms. The second kappa shape index (κ2) is 6.47. The molecule has 0 aliphatic heterocycles. The lowest BCUT2D eigenvalue weighted by atomic mass is 10.2. The van der Waals surface area contributed by atoms with Crippen molar-refractivity contribution in [2.24, 2.45) is 0 Å². The van der Waals surface area contributed by atoms with Crippen molar-refractivity contribution in [3.63, 3.8) is 0 Å². The van der Waals surface area contributed by atoms with Crippen molar-refractivity contribution in [1.82, 2.24) is 9.97 Å². The molecule has 0 radical (unpaired) electrons. The SMILES string of the molecule is C[C@H](C#N)Sc1nc(-c2ccc(Br)cc2)nc2ccccc12. The van der Waals surface area contributed by atoms with Crippen molar-refractivity contribution >= 4 is 38.6 Å². The van der Waals surface area contributed by atoms with Gasteiger partial charge in [0.15, 0.2) is 5.82 Å². The largest absolute Gasteiger partial charge is 0.228 e. The molecule has 0 N–H and O–H groups in total. The molecule has 3 rings (SSSR count). The highest BCUT2D eigenvalue weighted by Gasteiger charge is 2.12. The fourth-order valence-electron chi connectivity index (χ4n) is 2.06. The molecule has 0 saturated heterocycles. The molecule has 2 aromatic carbocycles. The number of nitriles is 1. The maximum Gasteiger partial charge on any atom is 0.161 e. The smallest absolute Gasteiger partial charge is 0.161 e. The third-order valence-corrected chi connectivity index (χ3v) is 4.66. The van der Waals surface area contributed by atoms with Gasteiger partial charge in [-0.05, 0) is 25.1 Å². The van der Waals surface area contributed by atoms with Crippen LogP contribution in [0.4, 0.5) is 0 Å². The van der Waals surface area contributed by atoms with Crippen molar-refractivity contribution in [3.05, 3.63) is 53.0 Å². The minimum atomic E-state index is -0.156. The first-order chi connectivity index (χ1) is 10.7. The summed E-state index contributed by atoms with van der Waals surface area (Å²) in [6.07, 6.45) is 0. The van der Waals surface area contributed by atoms with Gasteiger partial charge in [-0.2, -0.15) is 5.26 Å². The monoisotopic (exact) mass is 369 g/mol. The van der Waals surface area contributed by atoms with Gasteiger partial charge in [-0.1, -0.05) is 58.0 Å². The maximum absolute atomic E-state index is 9.07. The highest BCUT2D eigenvalue weighted by atomic mass is 79.9. The van der Waals surface area contributed by atoms with Crippen molar-refractivity contribution < 1.29 is 0 Å². The summed E-state index contributed by atoms with van der Waals surface area (Å²) in [7, 11) is 0. The van der Waals surface area contributed by atoms with Crippen LogP contribution in [0.1, 0.15) is 6.92 Å². The molecule has 0 unspecified atom stereocenters. The molecule has 1 atom stereocenters. The molecule has 0 fully saturated rings. The Morgan fingerprint density at radius 1 is 1.09 bits per heavy atom. The van der Waals surface area contributed by atoms with Crippen LogP contribution in [0, 0.1) is 11.3 Å². The molecule has 108 valence electrons. The zero-order valence-electron chi connectivity index (χ0n) is 11.8. The quantitative estimate of drug-likeness (QED) is 0.477. The maximum atomic E-state index is 9.07. The van der Waals surface area contributed by atoms with Gasteiger partial charge in [-0.25, -0.2) is 9.97 Å². The van der Waals surface area contributed by atoms with Gasteiger partial charge in [0.05, 0.1) is 16.8 Å². The van der Waals surface area contributed by atoms with Gasteiger partial charge in [0.25, 0.3) is 0 Å². The number of rotatable bonds is 3. The summed E-state index contributed by atoms with van der Waals surface area (Å²) in [6.45, 7) is 1.88. The topological polar surface area (TPSA) is 49.6 Å². The Labute approximate surface area is 141 Å². The Balaban J connectivity index is 2.16. The Morgan fingerprint density at radius 3 is 2.55 bits per heavy atom. The number of benzene rings is 2. The van der Waals surface area contributed by atoms with Gasteiger partial charge in [-0.15, -0.1) is 0 Å². The lowest BCUT2D eigenvalue weighted by molar-refractivity contribution is 1.10. The number of hydrogen-bond acceptors (Lipinski definition) is 4. The fourth-order valence-corrected chi connectivity index (χ4v) is 3.15. The van der Waals surface area contributed by atoms with Crippen LogP contribution < -0.4 is 0 Å². The molecule has 0 aliphatic rings. The van der Waals surface area contributed by atoms with Crippen molar-refractivity contribution in [3.8, 4) is 17.5 Å². The highest BCUT2D eigenvalue weighted by Crippen LogP contribution is 2.30.